The van der Waals surface area contributed by atoms with Gasteiger partial charge in [0.2, 0.25) is 0 Å². The Kier molecular flexibility index (Phi) is 4.37. The Morgan fingerprint density at radius 2 is 1.85 bits per heavy atom. The molecule has 2 rings (SSSR count). The molecule has 0 aliphatic heterocycles. The van der Waals surface area contributed by atoms with E-state index in [0.717, 1.165) is 6.07 Å². The predicted octanol–water partition coefficient (Wildman–Crippen LogP) is 1.53. The summed E-state index contributed by atoms with van der Waals surface area (Å²) >= 11 is 0. The lowest BCUT2D eigenvalue weighted by Gasteiger charge is -2.09. The summed E-state index contributed by atoms with van der Waals surface area (Å²) < 4.78 is 31.8. The van der Waals surface area contributed by atoms with Crippen LogP contribution in [-0.4, -0.2) is 17.2 Å². The molecule has 2 aromatic rings. The third-order valence-electron chi connectivity index (χ3n) is 2.81. The van der Waals surface area contributed by atoms with Crippen LogP contribution in [0.2, 0.25) is 0 Å². The van der Waals surface area contributed by atoms with Crippen molar-refractivity contribution >= 4 is 12.6 Å². The summed E-state index contributed by atoms with van der Waals surface area (Å²) in [6.45, 7) is 1.66. The van der Waals surface area contributed by atoms with E-state index in [1.165, 1.54) is 30.3 Å². The van der Waals surface area contributed by atoms with Gasteiger partial charge in [-0.2, -0.15) is 0 Å². The molecule has 0 aliphatic rings. The largest absolute Gasteiger partial charge is 0.489 e. The van der Waals surface area contributed by atoms with Crippen LogP contribution in [0.25, 0.3) is 0 Å². The van der Waals surface area contributed by atoms with E-state index < -0.39 is 12.9 Å². The summed E-state index contributed by atoms with van der Waals surface area (Å²) in [6, 6.07) is 8.02. The smallest absolute Gasteiger partial charge is 0.488 e. The molecule has 0 aromatic heterocycles. The first-order valence-corrected chi connectivity index (χ1v) is 6.00. The second-order valence-electron chi connectivity index (χ2n) is 4.47. The predicted molar refractivity (Wildman–Crippen MR) is 71.7 cm³/mol. The van der Waals surface area contributed by atoms with E-state index in [4.69, 9.17) is 14.8 Å². The lowest BCUT2D eigenvalue weighted by molar-refractivity contribution is 0.305. The fraction of sp³-hybridized carbons (Fsp3) is 0.143. The number of ether oxygens (including phenoxy) is 1. The molecule has 0 heterocycles. The van der Waals surface area contributed by atoms with Crippen LogP contribution in [-0.2, 0) is 6.61 Å². The number of aryl methyl sites for hydroxylation is 1. The first-order valence-electron chi connectivity index (χ1n) is 6.00. The molecule has 0 saturated carbocycles. The van der Waals surface area contributed by atoms with Crippen LogP contribution >= 0.6 is 0 Å². The minimum absolute atomic E-state index is 0.0442. The van der Waals surface area contributed by atoms with Crippen molar-refractivity contribution in [2.45, 2.75) is 13.5 Å². The van der Waals surface area contributed by atoms with E-state index in [2.05, 4.69) is 0 Å². The van der Waals surface area contributed by atoms with Gasteiger partial charge < -0.3 is 14.8 Å². The Morgan fingerprint density at radius 3 is 2.50 bits per heavy atom. The van der Waals surface area contributed by atoms with Gasteiger partial charge in [0, 0.05) is 0 Å². The molecule has 20 heavy (non-hydrogen) atoms. The number of hydrogen-bond acceptors (Lipinski definition) is 3. The molecular weight excluding hydrogens is 265 g/mol. The van der Waals surface area contributed by atoms with E-state index in [9.17, 15) is 8.78 Å². The molecule has 0 aliphatic carbocycles. The third kappa shape index (κ3) is 3.56. The summed E-state index contributed by atoms with van der Waals surface area (Å²) in [6.07, 6.45) is 0. The topological polar surface area (TPSA) is 49.7 Å². The summed E-state index contributed by atoms with van der Waals surface area (Å²) in [5.74, 6) is -0.447. The van der Waals surface area contributed by atoms with E-state index in [1.54, 1.807) is 6.92 Å². The minimum Gasteiger partial charge on any atom is -0.489 e. The second-order valence-corrected chi connectivity index (χ2v) is 4.47. The lowest BCUT2D eigenvalue weighted by atomic mass is 9.79. The average molecular weight is 278 g/mol. The van der Waals surface area contributed by atoms with Crippen molar-refractivity contribution in [1.82, 2.24) is 0 Å². The summed E-state index contributed by atoms with van der Waals surface area (Å²) in [7, 11) is -1.74. The normalized spacial score (nSPS) is 10.4. The van der Waals surface area contributed by atoms with Gasteiger partial charge >= 0.3 is 7.12 Å². The highest BCUT2D eigenvalue weighted by Gasteiger charge is 2.13. The monoisotopic (exact) mass is 278 g/mol. The Labute approximate surface area is 115 Å². The molecular formula is C14H13BF2O3. The highest BCUT2D eigenvalue weighted by atomic mass is 19.1. The quantitative estimate of drug-likeness (QED) is 0.834. The number of hydrogen-bond donors (Lipinski definition) is 2. The molecule has 0 bridgehead atoms. The zero-order valence-corrected chi connectivity index (χ0v) is 10.8. The Balaban J connectivity index is 2.12. The van der Waals surface area contributed by atoms with Gasteiger partial charge in [0.25, 0.3) is 0 Å². The van der Waals surface area contributed by atoms with Crippen molar-refractivity contribution in [1.29, 1.82) is 0 Å². The molecule has 0 saturated heterocycles. The molecule has 0 spiro atoms. The minimum atomic E-state index is -1.74. The molecule has 6 heteroatoms. The van der Waals surface area contributed by atoms with Crippen LogP contribution in [0, 0.1) is 18.6 Å². The molecule has 0 fully saturated rings. The van der Waals surface area contributed by atoms with E-state index in [1.807, 2.05) is 0 Å². The molecule has 0 amide bonds. The summed E-state index contributed by atoms with van der Waals surface area (Å²) in [4.78, 5) is 0. The molecule has 3 nitrogen and oxygen atoms in total. The Hall–Kier alpha value is -1.92. The van der Waals surface area contributed by atoms with Gasteiger partial charge in [-0.15, -0.1) is 0 Å². The van der Waals surface area contributed by atoms with Gasteiger partial charge in [-0.05, 0) is 53.8 Å². The maximum absolute atomic E-state index is 13.3. The lowest BCUT2D eigenvalue weighted by Crippen LogP contribution is -2.30. The van der Waals surface area contributed by atoms with Crippen LogP contribution in [0.5, 0.6) is 5.75 Å². The highest BCUT2D eigenvalue weighted by molar-refractivity contribution is 6.58. The van der Waals surface area contributed by atoms with E-state index >= 15 is 0 Å². The molecule has 2 aromatic carbocycles. The number of benzene rings is 2. The van der Waals surface area contributed by atoms with Gasteiger partial charge in [0.1, 0.15) is 24.0 Å². The van der Waals surface area contributed by atoms with Gasteiger partial charge in [0.15, 0.2) is 0 Å². The zero-order valence-electron chi connectivity index (χ0n) is 10.8. The average Bonchev–Trinajstić information content (AvgIpc) is 2.39. The maximum Gasteiger partial charge on any atom is 0.488 e. The van der Waals surface area contributed by atoms with Gasteiger partial charge in [-0.3, -0.25) is 0 Å². The van der Waals surface area contributed by atoms with Gasteiger partial charge in [-0.1, -0.05) is 6.07 Å². The highest BCUT2D eigenvalue weighted by Crippen LogP contribution is 2.17. The number of halogens is 2. The van der Waals surface area contributed by atoms with Crippen molar-refractivity contribution in [3.05, 3.63) is 59.2 Å². The van der Waals surface area contributed by atoms with E-state index in [-0.39, 0.29) is 17.9 Å². The van der Waals surface area contributed by atoms with Crippen LogP contribution in [0.4, 0.5) is 8.78 Å². The second kappa shape index (κ2) is 6.03. The third-order valence-corrected chi connectivity index (χ3v) is 2.81. The fourth-order valence-electron chi connectivity index (χ4n) is 1.78. The summed E-state index contributed by atoms with van der Waals surface area (Å²) in [5.41, 5.74) is 0.960. The van der Waals surface area contributed by atoms with Crippen molar-refractivity contribution in [2.24, 2.45) is 0 Å². The Bertz CT molecular complexity index is 617. The molecule has 0 unspecified atom stereocenters. The standard InChI is InChI=1S/C14H13BF2O3/c1-9-4-13(2-3-14(9)17)20-8-10-5-11(15(18)19)7-12(16)6-10/h2-7,18-19H,8H2,1H3. The van der Waals surface area contributed by atoms with Crippen molar-refractivity contribution in [3.8, 4) is 5.75 Å². The van der Waals surface area contributed by atoms with Crippen LogP contribution in [0.3, 0.4) is 0 Å². The van der Waals surface area contributed by atoms with Crippen LogP contribution in [0.15, 0.2) is 36.4 Å². The van der Waals surface area contributed by atoms with Gasteiger partial charge in [-0.25, -0.2) is 8.78 Å². The molecule has 0 radical (unpaired) electrons. The van der Waals surface area contributed by atoms with Crippen LogP contribution < -0.4 is 10.2 Å². The fourth-order valence-corrected chi connectivity index (χ4v) is 1.78. The first-order chi connectivity index (χ1) is 9.45. The number of rotatable bonds is 4. The molecule has 104 valence electrons. The summed E-state index contributed by atoms with van der Waals surface area (Å²) in [5, 5.41) is 18.1. The maximum atomic E-state index is 13.3. The SMILES string of the molecule is Cc1cc(OCc2cc(F)cc(B(O)O)c2)ccc1F. The van der Waals surface area contributed by atoms with Crippen molar-refractivity contribution in [2.75, 3.05) is 0 Å². The Morgan fingerprint density at radius 1 is 1.10 bits per heavy atom. The van der Waals surface area contributed by atoms with Crippen molar-refractivity contribution < 1.29 is 23.6 Å². The van der Waals surface area contributed by atoms with Crippen molar-refractivity contribution in [3.63, 3.8) is 0 Å². The zero-order chi connectivity index (χ0) is 14.7. The van der Waals surface area contributed by atoms with Gasteiger partial charge in [0.05, 0.1) is 0 Å². The van der Waals surface area contributed by atoms with E-state index in [0.29, 0.717) is 16.9 Å². The van der Waals surface area contributed by atoms with Crippen LogP contribution in [0.1, 0.15) is 11.1 Å². The molecule has 0 atom stereocenters. The first kappa shape index (κ1) is 14.5. The molecule has 2 N–H and O–H groups in total.